The summed E-state index contributed by atoms with van der Waals surface area (Å²) in [6.07, 6.45) is 0. The molecule has 0 atom stereocenters. The normalized spacial score (nSPS) is 0. The Morgan fingerprint density at radius 1 is 0.0455 bits per heavy atom. The number of hydrogen-bond acceptors (Lipinski definition) is 0. The summed E-state index contributed by atoms with van der Waals surface area (Å²) in [7, 11) is 0. The second kappa shape index (κ2) is 762. The standard InChI is InChI=1S/41ClH.25Na/h41*1H;;;;;;;;;;;;;;;;;;;;;;;;;/q;;;;;;;;;;;;;;;;;;;;;;;;;;;;;;;;;;;;;;;;;25*+1/p-25. The monoisotopic (exact) mass is 2020 g/mol. The van der Waals surface area contributed by atoms with E-state index in [2.05, 4.69) is 0 Å². The molecule has 0 fully saturated rings. The Kier molecular flexibility index (Phi) is 9060. The van der Waals surface area contributed by atoms with Gasteiger partial charge in [0.25, 0.3) is 0 Å². The first-order chi connectivity index (χ1) is 0. The molecule has 0 N–H and O–H groups in total. The van der Waals surface area contributed by atoms with E-state index in [0.29, 0.717) is 0 Å². The van der Waals surface area contributed by atoms with E-state index < -0.39 is 0 Å². The zero-order valence-electron chi connectivity index (χ0n) is 41.0. The summed E-state index contributed by atoms with van der Waals surface area (Å²) in [6, 6.07) is 0. The second-order valence-electron chi connectivity index (χ2n) is 0. The molecule has 0 aliphatic carbocycles. The Morgan fingerprint density at radius 3 is 0.0455 bits per heavy atom. The maximum absolute atomic E-state index is 0. The quantitative estimate of drug-likeness (QED) is 0.212. The van der Waals surface area contributed by atoms with Gasteiger partial charge >= 0.3 is 739 Å². The summed E-state index contributed by atoms with van der Waals surface area (Å²) in [4.78, 5) is 0. The zero-order valence-corrected chi connectivity index (χ0v) is 123. The van der Waals surface area contributed by atoms with E-state index in [-0.39, 0.29) is 1250 Å². The van der Waals surface area contributed by atoms with Crippen LogP contribution in [0.5, 0.6) is 0 Å². The van der Waals surface area contributed by atoms with Crippen LogP contribution in [0.2, 0.25) is 0 Å². The molecule has 0 nitrogen and oxygen atoms in total. The van der Waals surface area contributed by atoms with E-state index in [9.17, 15) is 0 Å². The van der Waals surface area contributed by atoms with Gasteiger partial charge in [0.1, 0.15) is 0 Å². The average molecular weight is 2040 g/mol. The molecule has 0 bridgehead atoms. The van der Waals surface area contributed by atoms with Gasteiger partial charge in [-0.05, 0) is 0 Å². The van der Waals surface area contributed by atoms with Crippen LogP contribution in [-0.2, 0) is 0 Å². The number of halogens is 41. The summed E-state index contributed by atoms with van der Waals surface area (Å²) in [5, 5.41) is 0. The predicted octanol–water partition coefficient (Wildman–Crippen LogP) is -143. The van der Waals surface area contributed by atoms with Crippen LogP contribution in [0.15, 0.2) is 0 Å². The van der Waals surface area contributed by atoms with E-state index in [1.807, 2.05) is 0 Å². The van der Waals surface area contributed by atoms with Gasteiger partial charge in [-0.25, -0.2) is 0 Å². The smallest absolute Gasteiger partial charge is 1.00 e. The van der Waals surface area contributed by atoms with Crippen LogP contribution in [-0.4, -0.2) is 0 Å². The molecule has 0 saturated heterocycles. The fourth-order valence-electron chi connectivity index (χ4n) is 0. The Hall–Kier alpha value is 36.9. The van der Waals surface area contributed by atoms with Crippen LogP contribution in [0.25, 0.3) is 0 Å². The van der Waals surface area contributed by atoms with Gasteiger partial charge in [0.2, 0.25) is 0 Å². The van der Waals surface area contributed by atoms with E-state index in [0.717, 1.165) is 0 Å². The van der Waals surface area contributed by atoms with Crippen LogP contribution < -0.4 is 1050 Å². The second-order valence-corrected chi connectivity index (χ2v) is 0. The molecule has 0 spiro atoms. The van der Waals surface area contributed by atoms with Gasteiger partial charge in [0.05, 0.1) is 0 Å². The molecule has 0 heterocycles. The number of rotatable bonds is 0. The topological polar surface area (TPSA) is 0 Å². The van der Waals surface area contributed by atoms with Gasteiger partial charge in [0, 0.05) is 0 Å². The molecule has 0 aliphatic heterocycles. The molecule has 0 aromatic rings. The van der Waals surface area contributed by atoms with Gasteiger partial charge in [-0.15, -0.1) is 199 Å². The molecule has 0 rings (SSSR count). The van der Waals surface area contributed by atoms with Crippen molar-refractivity contribution in [3.8, 4) is 0 Å². The largest absolute Gasteiger partial charge is 1.00 e. The minimum absolute atomic E-state index is 0. The van der Waals surface area contributed by atoms with Crippen molar-refractivity contribution >= 4 is 199 Å². The number of hydrogen-bond donors (Lipinski definition) is 0. The fourth-order valence-corrected chi connectivity index (χ4v) is 0. The molecule has 0 unspecified atom stereocenters. The maximum Gasteiger partial charge on any atom is 1.00 e. The summed E-state index contributed by atoms with van der Waals surface area (Å²) in [5.41, 5.74) is 0. The van der Waals surface area contributed by atoms with Crippen LogP contribution >= 0.6 is 199 Å². The minimum atomic E-state index is 0. The molecule has 66 heavy (non-hydrogen) atoms. The van der Waals surface area contributed by atoms with Gasteiger partial charge in [-0.3, -0.25) is 0 Å². The Morgan fingerprint density at radius 2 is 0.0455 bits per heavy atom. The maximum atomic E-state index is 0. The SMILES string of the molecule is Cl.Cl.Cl.Cl.Cl.Cl.Cl.Cl.Cl.Cl.Cl.Cl.Cl.Cl.Cl.Cl.[Cl-].[Cl-].[Cl-].[Cl-].[Cl-].[Cl-].[Cl-].[Cl-].[Cl-].[Cl-].[Cl-].[Cl-].[Cl-].[Cl-].[Cl-].[Cl-].[Cl-].[Cl-].[Cl-].[Cl-].[Cl-].[Cl-].[Cl-].[Cl-].[Cl-].[Na+].[Na+].[Na+].[Na+].[Na+].[Na+].[Na+].[Na+].[Na+].[Na+].[Na+].[Na+].[Na+].[Na+].[Na+].[Na+].[Na+].[Na+].[Na+].[Na+].[Na+].[Na+].[Na+].[Na+].[Na+]. The summed E-state index contributed by atoms with van der Waals surface area (Å²) in [6.45, 7) is 0. The third kappa shape index (κ3) is 740. The molecular formula is H16Cl41Na25. The molecule has 0 aliphatic rings. The van der Waals surface area contributed by atoms with Crippen molar-refractivity contribution in [1.29, 1.82) is 0 Å². The molecule has 0 aromatic carbocycles. The van der Waals surface area contributed by atoms with Crippen LogP contribution in [0.1, 0.15) is 0 Å². The molecule has 66 heteroatoms. The minimum Gasteiger partial charge on any atom is -1.00 e. The first-order valence-electron chi connectivity index (χ1n) is 0. The molecule has 0 saturated carbocycles. The van der Waals surface area contributed by atoms with Gasteiger partial charge in [-0.1, -0.05) is 0 Å². The van der Waals surface area contributed by atoms with Crippen LogP contribution in [0, 0.1) is 0 Å². The van der Waals surface area contributed by atoms with Crippen molar-refractivity contribution in [1.82, 2.24) is 0 Å². The predicted molar refractivity (Wildman–Crippen MR) is 116 cm³/mol. The third-order valence-corrected chi connectivity index (χ3v) is 0. The Labute approximate surface area is 1210 Å². The van der Waals surface area contributed by atoms with Gasteiger partial charge < -0.3 is 310 Å². The molecule has 328 valence electrons. The molecule has 0 amide bonds. The summed E-state index contributed by atoms with van der Waals surface area (Å²) >= 11 is 0. The fraction of sp³-hybridized carbons (Fsp3) is 0. The van der Waals surface area contributed by atoms with Gasteiger partial charge in [-0.2, -0.15) is 0 Å². The van der Waals surface area contributed by atoms with Crippen molar-refractivity contribution < 1.29 is 1050 Å². The third-order valence-electron chi connectivity index (χ3n) is 0. The van der Waals surface area contributed by atoms with Crippen molar-refractivity contribution in [3.05, 3.63) is 0 Å². The summed E-state index contributed by atoms with van der Waals surface area (Å²) < 4.78 is 0. The molecule has 0 aromatic heterocycles. The Bertz CT molecular complexity index is 63.2. The first-order valence-corrected chi connectivity index (χ1v) is 0. The van der Waals surface area contributed by atoms with Crippen LogP contribution in [0.3, 0.4) is 0 Å². The van der Waals surface area contributed by atoms with E-state index in [1.54, 1.807) is 0 Å². The van der Waals surface area contributed by atoms with E-state index >= 15 is 0 Å². The zero-order chi connectivity index (χ0) is 0. The van der Waals surface area contributed by atoms with Crippen LogP contribution in [0.4, 0.5) is 0 Å². The van der Waals surface area contributed by atoms with Crippen molar-refractivity contribution in [2.75, 3.05) is 0 Å². The van der Waals surface area contributed by atoms with E-state index in [4.69, 9.17) is 0 Å². The van der Waals surface area contributed by atoms with Crippen molar-refractivity contribution in [2.24, 2.45) is 0 Å². The van der Waals surface area contributed by atoms with Crippen molar-refractivity contribution in [2.45, 2.75) is 0 Å². The molecule has 0 radical (unpaired) electrons. The van der Waals surface area contributed by atoms with E-state index in [1.165, 1.54) is 0 Å². The van der Waals surface area contributed by atoms with Crippen molar-refractivity contribution in [3.63, 3.8) is 0 Å². The average Bonchev–Trinajstić information content (AvgIpc) is 0. The Balaban J connectivity index is 0. The molecular weight excluding hydrogens is 2030 g/mol. The summed E-state index contributed by atoms with van der Waals surface area (Å²) in [5.74, 6) is 0. The van der Waals surface area contributed by atoms with Gasteiger partial charge in [0.15, 0.2) is 0 Å². The first kappa shape index (κ1) is 785.